The van der Waals surface area contributed by atoms with E-state index in [1.165, 1.54) is 0 Å². The molecule has 0 bridgehead atoms. The predicted molar refractivity (Wildman–Crippen MR) is 193 cm³/mol. The Bertz CT molecular complexity index is 1520. The third-order valence-electron chi connectivity index (χ3n) is 8.77. The molecule has 250 valence electrons. The summed E-state index contributed by atoms with van der Waals surface area (Å²) in [5.74, 6) is 0.632. The van der Waals surface area contributed by atoms with E-state index in [1.807, 2.05) is 60.7 Å². The number of hydrogen-bond donors (Lipinski definition) is 2. The predicted octanol–water partition coefficient (Wildman–Crippen LogP) is 9.15. The van der Waals surface area contributed by atoms with E-state index in [0.29, 0.717) is 19.8 Å². The topological polar surface area (TPSA) is 77.0 Å². The molecule has 0 aliphatic carbocycles. The minimum absolute atomic E-state index is 0.0133. The summed E-state index contributed by atoms with van der Waals surface area (Å²) in [6.45, 7) is 17.1. The van der Waals surface area contributed by atoms with Gasteiger partial charge in [-0.25, -0.2) is 0 Å². The second kappa shape index (κ2) is 15.8. The van der Waals surface area contributed by atoms with E-state index in [-0.39, 0.29) is 23.1 Å². The molecular formula is C40H51NO5Si. The lowest BCUT2D eigenvalue weighted by Crippen LogP contribution is -2.47. The number of nitrogens with one attached hydrogen (secondary N) is 1. The summed E-state index contributed by atoms with van der Waals surface area (Å²) in [4.78, 5) is 11.3. The number of ether oxygens (including phenoxy) is 2. The van der Waals surface area contributed by atoms with Gasteiger partial charge in [0.05, 0.1) is 12.5 Å². The zero-order chi connectivity index (χ0) is 34.1. The van der Waals surface area contributed by atoms with Crippen molar-refractivity contribution in [2.75, 3.05) is 6.54 Å². The summed E-state index contributed by atoms with van der Waals surface area (Å²) >= 11 is 0. The molecule has 0 radical (unpaired) electrons. The first-order chi connectivity index (χ1) is 22.2. The van der Waals surface area contributed by atoms with Gasteiger partial charge in [0.2, 0.25) is 0 Å². The molecular weight excluding hydrogens is 603 g/mol. The number of rotatable bonds is 16. The van der Waals surface area contributed by atoms with Gasteiger partial charge in [-0.1, -0.05) is 106 Å². The zero-order valence-electron chi connectivity index (χ0n) is 29.0. The molecule has 0 fully saturated rings. The molecule has 1 atom stereocenters. The maximum atomic E-state index is 11.3. The minimum Gasteiger partial charge on any atom is -0.489 e. The van der Waals surface area contributed by atoms with Crippen LogP contribution < -0.4 is 14.8 Å². The maximum Gasteiger partial charge on any atom is 0.307 e. The number of carbonyl (C=O) groups is 1. The molecule has 0 spiro atoms. The molecule has 0 saturated carbocycles. The summed E-state index contributed by atoms with van der Waals surface area (Å²) < 4.78 is 19.8. The Kier molecular flexibility index (Phi) is 12.1. The van der Waals surface area contributed by atoms with Crippen LogP contribution >= 0.6 is 0 Å². The van der Waals surface area contributed by atoms with Gasteiger partial charge < -0.3 is 24.3 Å². The van der Waals surface area contributed by atoms with Gasteiger partial charge in [-0.2, -0.15) is 0 Å². The van der Waals surface area contributed by atoms with Crippen LogP contribution in [0.15, 0.2) is 103 Å². The van der Waals surface area contributed by atoms with E-state index in [0.717, 1.165) is 45.7 Å². The van der Waals surface area contributed by atoms with Gasteiger partial charge in [-0.05, 0) is 78.4 Å². The lowest BCUT2D eigenvalue weighted by molar-refractivity contribution is -0.136. The molecule has 0 aliphatic rings. The lowest BCUT2D eigenvalue weighted by Gasteiger charge is -2.40. The third kappa shape index (κ3) is 11.4. The number of hydrogen-bond acceptors (Lipinski definition) is 5. The second-order valence-corrected chi connectivity index (χ2v) is 19.2. The van der Waals surface area contributed by atoms with Crippen molar-refractivity contribution < 1.29 is 23.8 Å². The Morgan fingerprint density at radius 1 is 0.723 bits per heavy atom. The molecule has 7 heteroatoms. The van der Waals surface area contributed by atoms with Crippen LogP contribution in [0.2, 0.25) is 18.1 Å². The summed E-state index contributed by atoms with van der Waals surface area (Å²) in [5, 5.41) is 13.1. The normalized spacial score (nSPS) is 12.8. The smallest absolute Gasteiger partial charge is 0.307 e. The third-order valence-corrected chi connectivity index (χ3v) is 13.3. The van der Waals surface area contributed by atoms with E-state index in [1.54, 1.807) is 0 Å². The van der Waals surface area contributed by atoms with E-state index in [9.17, 15) is 9.90 Å². The Morgan fingerprint density at radius 2 is 1.23 bits per heavy atom. The van der Waals surface area contributed by atoms with Crippen LogP contribution in [-0.4, -0.2) is 31.5 Å². The van der Waals surface area contributed by atoms with Gasteiger partial charge in [0, 0.05) is 18.2 Å². The largest absolute Gasteiger partial charge is 0.489 e. The monoisotopic (exact) mass is 653 g/mol. The van der Waals surface area contributed by atoms with E-state index < -0.39 is 14.3 Å². The van der Waals surface area contributed by atoms with Crippen molar-refractivity contribution in [3.63, 3.8) is 0 Å². The first kappa shape index (κ1) is 35.9. The van der Waals surface area contributed by atoms with E-state index in [2.05, 4.69) is 95.5 Å². The highest BCUT2D eigenvalue weighted by molar-refractivity contribution is 6.74. The number of benzene rings is 4. The van der Waals surface area contributed by atoms with E-state index >= 15 is 0 Å². The SMILES string of the molecule is CC(C)(Cc1cccc(CC(=O)O)c1)NCC(O[Si](C)(C)C(C)(C)C)c1cc(OCc2ccccc2)cc(OCc2ccccc2)c1. The van der Waals surface area contributed by atoms with Crippen LogP contribution in [0, 0.1) is 0 Å². The molecule has 0 aromatic heterocycles. The van der Waals surface area contributed by atoms with Gasteiger partial charge in [0.25, 0.3) is 0 Å². The second-order valence-electron chi connectivity index (χ2n) is 14.5. The highest BCUT2D eigenvalue weighted by Crippen LogP contribution is 2.41. The average Bonchev–Trinajstić information content (AvgIpc) is 3.01. The Balaban J connectivity index is 1.62. The van der Waals surface area contributed by atoms with Crippen molar-refractivity contribution >= 4 is 14.3 Å². The fourth-order valence-corrected chi connectivity index (χ4v) is 6.44. The fraction of sp³-hybridized carbons (Fsp3) is 0.375. The van der Waals surface area contributed by atoms with Crippen LogP contribution in [0.25, 0.3) is 0 Å². The average molecular weight is 654 g/mol. The molecule has 4 rings (SSSR count). The Morgan fingerprint density at radius 3 is 1.74 bits per heavy atom. The van der Waals surface area contributed by atoms with Crippen molar-refractivity contribution in [2.24, 2.45) is 0 Å². The first-order valence-corrected chi connectivity index (χ1v) is 19.3. The van der Waals surface area contributed by atoms with Gasteiger partial charge in [0.15, 0.2) is 8.32 Å². The van der Waals surface area contributed by atoms with Crippen LogP contribution in [0.5, 0.6) is 11.5 Å². The first-order valence-electron chi connectivity index (χ1n) is 16.4. The number of carboxylic acid groups (broad SMARTS) is 1. The number of carboxylic acids is 1. The quantitative estimate of drug-likeness (QED) is 0.118. The molecule has 4 aromatic rings. The van der Waals surface area contributed by atoms with E-state index in [4.69, 9.17) is 13.9 Å². The molecule has 6 nitrogen and oxygen atoms in total. The van der Waals surface area contributed by atoms with Crippen molar-refractivity contribution in [2.45, 2.75) is 90.4 Å². The van der Waals surface area contributed by atoms with Crippen LogP contribution in [0.3, 0.4) is 0 Å². The summed E-state index contributed by atoms with van der Waals surface area (Å²) in [5.41, 5.74) is 4.79. The van der Waals surface area contributed by atoms with Crippen molar-refractivity contribution in [3.05, 3.63) is 131 Å². The van der Waals surface area contributed by atoms with Crippen LogP contribution in [0.4, 0.5) is 0 Å². The molecule has 47 heavy (non-hydrogen) atoms. The highest BCUT2D eigenvalue weighted by atomic mass is 28.4. The zero-order valence-corrected chi connectivity index (χ0v) is 30.0. The van der Waals surface area contributed by atoms with Gasteiger partial charge >= 0.3 is 5.97 Å². The summed E-state index contributed by atoms with van der Waals surface area (Å²) in [6.07, 6.45) is 0.494. The van der Waals surface area contributed by atoms with Crippen LogP contribution in [-0.2, 0) is 35.3 Å². The Hall–Kier alpha value is -3.91. The molecule has 2 N–H and O–H groups in total. The fourth-order valence-electron chi connectivity index (χ4n) is 5.15. The van der Waals surface area contributed by atoms with Crippen molar-refractivity contribution in [1.82, 2.24) is 5.32 Å². The maximum absolute atomic E-state index is 11.3. The highest BCUT2D eigenvalue weighted by Gasteiger charge is 2.40. The van der Waals surface area contributed by atoms with Crippen molar-refractivity contribution in [1.29, 1.82) is 0 Å². The summed E-state index contributed by atoms with van der Waals surface area (Å²) in [6, 6.07) is 34.3. The standard InChI is InChI=1S/C40H51NO5Si/c1-39(2,3)47(6,7)46-37(27-41-40(4,5)26-33-20-14-19-32(21-33)22-38(42)43)34-23-35(44-28-30-15-10-8-11-16-30)25-36(24-34)45-29-31-17-12-9-13-18-31/h8-21,23-25,37,41H,22,26-29H2,1-7H3,(H,42,43). The van der Waals surface area contributed by atoms with Gasteiger partial charge in [-0.15, -0.1) is 0 Å². The Labute approximate surface area is 282 Å². The van der Waals surface area contributed by atoms with Gasteiger partial charge in [0.1, 0.15) is 24.7 Å². The number of aliphatic carboxylic acids is 1. The van der Waals surface area contributed by atoms with Crippen molar-refractivity contribution in [3.8, 4) is 11.5 Å². The lowest BCUT2D eigenvalue weighted by atomic mass is 9.93. The molecule has 0 heterocycles. The molecule has 0 saturated heterocycles. The van der Waals surface area contributed by atoms with Gasteiger partial charge in [-0.3, -0.25) is 4.79 Å². The molecule has 0 aliphatic heterocycles. The molecule has 0 amide bonds. The van der Waals surface area contributed by atoms with Crippen LogP contribution in [0.1, 0.15) is 68.5 Å². The minimum atomic E-state index is -2.20. The molecule has 4 aromatic carbocycles. The molecule has 1 unspecified atom stereocenters. The summed E-state index contributed by atoms with van der Waals surface area (Å²) in [7, 11) is -2.20.